The third-order valence-electron chi connectivity index (χ3n) is 3.75. The molecule has 1 saturated heterocycles. The van der Waals surface area contributed by atoms with Gasteiger partial charge in [0.05, 0.1) is 5.56 Å². The monoisotopic (exact) mass is 291 g/mol. The number of amides is 1. The minimum absolute atomic E-state index is 0.0431. The Morgan fingerprint density at radius 3 is 2.81 bits per heavy atom. The smallest absolute Gasteiger partial charge is 0.255 e. The van der Waals surface area contributed by atoms with E-state index in [0.29, 0.717) is 18.7 Å². The van der Waals surface area contributed by atoms with Gasteiger partial charge in [0, 0.05) is 39.5 Å². The fraction of sp³-hybridized carbons (Fsp3) is 0.625. The third kappa shape index (κ3) is 4.70. The number of methoxy groups -OCH3 is 1. The molecule has 1 fully saturated rings. The average Bonchev–Trinajstić information content (AvgIpc) is 2.80. The number of aromatic nitrogens is 1. The van der Waals surface area contributed by atoms with Crippen LogP contribution >= 0.6 is 0 Å². The summed E-state index contributed by atoms with van der Waals surface area (Å²) < 4.78 is 4.99. The van der Waals surface area contributed by atoms with E-state index < -0.39 is 0 Å². The highest BCUT2D eigenvalue weighted by atomic mass is 16.5. The minimum atomic E-state index is -0.0431. The van der Waals surface area contributed by atoms with Crippen LogP contribution in [0.4, 0.5) is 5.82 Å². The number of nitrogens with one attached hydrogen (secondary N) is 1. The zero-order valence-corrected chi connectivity index (χ0v) is 12.8. The van der Waals surface area contributed by atoms with Crippen LogP contribution in [0, 0.1) is 0 Å². The molecule has 5 heteroatoms. The SMILES string of the molecule is COCCCNC(=O)c1cccnc1N1CCCCCC1. The van der Waals surface area contributed by atoms with E-state index >= 15 is 0 Å². The lowest BCUT2D eigenvalue weighted by Gasteiger charge is -2.23. The van der Waals surface area contributed by atoms with Crippen LogP contribution in [-0.4, -0.2) is 44.2 Å². The molecule has 0 aliphatic carbocycles. The number of ether oxygens (including phenoxy) is 1. The molecule has 1 amide bonds. The van der Waals surface area contributed by atoms with Crippen molar-refractivity contribution >= 4 is 11.7 Å². The van der Waals surface area contributed by atoms with Gasteiger partial charge in [-0.2, -0.15) is 0 Å². The van der Waals surface area contributed by atoms with Crippen molar-refractivity contribution in [1.29, 1.82) is 0 Å². The van der Waals surface area contributed by atoms with E-state index in [1.807, 2.05) is 12.1 Å². The summed E-state index contributed by atoms with van der Waals surface area (Å²) >= 11 is 0. The highest BCUT2D eigenvalue weighted by Crippen LogP contribution is 2.21. The number of rotatable bonds is 6. The van der Waals surface area contributed by atoms with E-state index in [-0.39, 0.29) is 5.91 Å². The van der Waals surface area contributed by atoms with Crippen molar-refractivity contribution < 1.29 is 9.53 Å². The van der Waals surface area contributed by atoms with Crippen LogP contribution in [0.25, 0.3) is 0 Å². The Balaban J connectivity index is 2.03. The molecule has 0 spiro atoms. The number of pyridine rings is 1. The molecule has 2 rings (SSSR count). The molecular formula is C16H25N3O2. The van der Waals surface area contributed by atoms with Gasteiger partial charge in [0.25, 0.3) is 5.91 Å². The first kappa shape index (κ1) is 15.8. The summed E-state index contributed by atoms with van der Waals surface area (Å²) in [6, 6.07) is 3.68. The lowest BCUT2D eigenvalue weighted by Crippen LogP contribution is -2.31. The lowest BCUT2D eigenvalue weighted by molar-refractivity contribution is 0.0949. The van der Waals surface area contributed by atoms with Gasteiger partial charge < -0.3 is 15.0 Å². The van der Waals surface area contributed by atoms with Gasteiger partial charge in [0.15, 0.2) is 0 Å². The predicted octanol–water partition coefficient (Wildman–Crippen LogP) is 2.23. The van der Waals surface area contributed by atoms with Crippen LogP contribution in [0.5, 0.6) is 0 Å². The molecule has 1 aromatic rings. The number of nitrogens with zero attached hydrogens (tertiary/aromatic N) is 2. The van der Waals surface area contributed by atoms with Crippen molar-refractivity contribution in [3.63, 3.8) is 0 Å². The number of carbonyl (C=O) groups excluding carboxylic acids is 1. The van der Waals surface area contributed by atoms with E-state index in [2.05, 4.69) is 15.2 Å². The van der Waals surface area contributed by atoms with Gasteiger partial charge in [-0.3, -0.25) is 4.79 Å². The molecule has 116 valence electrons. The molecule has 1 aliphatic rings. The molecule has 0 aromatic carbocycles. The van der Waals surface area contributed by atoms with Crippen molar-refractivity contribution in [3.8, 4) is 0 Å². The molecule has 0 saturated carbocycles. The quantitative estimate of drug-likeness (QED) is 0.817. The predicted molar refractivity (Wildman–Crippen MR) is 83.7 cm³/mol. The summed E-state index contributed by atoms with van der Waals surface area (Å²) in [6.45, 7) is 3.26. The van der Waals surface area contributed by atoms with E-state index in [1.54, 1.807) is 13.3 Å². The largest absolute Gasteiger partial charge is 0.385 e. The molecule has 1 N–H and O–H groups in total. The average molecular weight is 291 g/mol. The maximum Gasteiger partial charge on any atom is 0.255 e. The number of carbonyl (C=O) groups is 1. The maximum atomic E-state index is 12.3. The van der Waals surface area contributed by atoms with Crippen molar-refractivity contribution in [1.82, 2.24) is 10.3 Å². The Kier molecular flexibility index (Phi) is 6.47. The van der Waals surface area contributed by atoms with Crippen LogP contribution in [0.3, 0.4) is 0 Å². The Labute approximate surface area is 126 Å². The molecule has 5 nitrogen and oxygen atoms in total. The highest BCUT2D eigenvalue weighted by Gasteiger charge is 2.18. The van der Waals surface area contributed by atoms with Crippen molar-refractivity contribution in [2.24, 2.45) is 0 Å². The summed E-state index contributed by atoms with van der Waals surface area (Å²) in [7, 11) is 1.67. The van der Waals surface area contributed by atoms with E-state index in [9.17, 15) is 4.79 Å². The maximum absolute atomic E-state index is 12.3. The van der Waals surface area contributed by atoms with Crippen molar-refractivity contribution in [3.05, 3.63) is 23.9 Å². The molecule has 1 aliphatic heterocycles. The minimum Gasteiger partial charge on any atom is -0.385 e. The molecule has 0 bridgehead atoms. The standard InChI is InChI=1S/C16H25N3O2/c1-21-13-7-10-18-16(20)14-8-6-9-17-15(14)19-11-4-2-3-5-12-19/h6,8-9H,2-5,7,10-13H2,1H3,(H,18,20). The normalized spacial score (nSPS) is 15.6. The first-order valence-corrected chi connectivity index (χ1v) is 7.80. The summed E-state index contributed by atoms with van der Waals surface area (Å²) in [5.74, 6) is 0.780. The number of hydrogen-bond acceptors (Lipinski definition) is 4. The Morgan fingerprint density at radius 1 is 1.33 bits per heavy atom. The summed E-state index contributed by atoms with van der Waals surface area (Å²) in [5.41, 5.74) is 0.678. The fourth-order valence-corrected chi connectivity index (χ4v) is 2.62. The number of hydrogen-bond donors (Lipinski definition) is 1. The fourth-order valence-electron chi connectivity index (χ4n) is 2.62. The second kappa shape index (κ2) is 8.62. The second-order valence-corrected chi connectivity index (χ2v) is 5.38. The Bertz CT molecular complexity index is 443. The summed E-state index contributed by atoms with van der Waals surface area (Å²) in [6.07, 6.45) is 7.46. The van der Waals surface area contributed by atoms with Crippen LogP contribution in [0.1, 0.15) is 42.5 Å². The molecule has 0 radical (unpaired) electrons. The van der Waals surface area contributed by atoms with E-state index in [0.717, 1.165) is 25.3 Å². The van der Waals surface area contributed by atoms with Gasteiger partial charge in [-0.25, -0.2) is 4.98 Å². The van der Waals surface area contributed by atoms with Crippen molar-refractivity contribution in [2.45, 2.75) is 32.1 Å². The summed E-state index contributed by atoms with van der Waals surface area (Å²) in [5, 5.41) is 2.94. The Morgan fingerprint density at radius 2 is 2.10 bits per heavy atom. The van der Waals surface area contributed by atoms with Gasteiger partial charge in [0.2, 0.25) is 0 Å². The van der Waals surface area contributed by atoms with Crippen LogP contribution in [-0.2, 0) is 4.74 Å². The van der Waals surface area contributed by atoms with E-state index in [1.165, 1.54) is 25.7 Å². The second-order valence-electron chi connectivity index (χ2n) is 5.38. The zero-order valence-electron chi connectivity index (χ0n) is 12.8. The Hall–Kier alpha value is -1.62. The molecule has 0 atom stereocenters. The first-order valence-electron chi connectivity index (χ1n) is 7.80. The van der Waals surface area contributed by atoms with E-state index in [4.69, 9.17) is 4.74 Å². The van der Waals surface area contributed by atoms with Crippen molar-refractivity contribution in [2.75, 3.05) is 38.3 Å². The highest BCUT2D eigenvalue weighted by molar-refractivity contribution is 5.98. The van der Waals surface area contributed by atoms with Gasteiger partial charge in [-0.15, -0.1) is 0 Å². The van der Waals surface area contributed by atoms with Gasteiger partial charge in [-0.1, -0.05) is 12.8 Å². The molecule has 0 unspecified atom stereocenters. The third-order valence-corrected chi connectivity index (χ3v) is 3.75. The number of anilines is 1. The summed E-state index contributed by atoms with van der Waals surface area (Å²) in [4.78, 5) is 19.0. The molecule has 1 aromatic heterocycles. The zero-order chi connectivity index (χ0) is 14.9. The van der Waals surface area contributed by atoms with Crippen LogP contribution < -0.4 is 10.2 Å². The van der Waals surface area contributed by atoms with Gasteiger partial charge in [0.1, 0.15) is 5.82 Å². The molecule has 2 heterocycles. The van der Waals surface area contributed by atoms with Crippen LogP contribution in [0.15, 0.2) is 18.3 Å². The van der Waals surface area contributed by atoms with Crippen LogP contribution in [0.2, 0.25) is 0 Å². The molecule has 21 heavy (non-hydrogen) atoms. The van der Waals surface area contributed by atoms with Gasteiger partial charge >= 0.3 is 0 Å². The topological polar surface area (TPSA) is 54.5 Å². The van der Waals surface area contributed by atoms with Gasteiger partial charge in [-0.05, 0) is 31.4 Å². The lowest BCUT2D eigenvalue weighted by atomic mass is 10.2. The molecular weight excluding hydrogens is 266 g/mol. The first-order chi connectivity index (χ1) is 10.3.